The van der Waals surface area contributed by atoms with E-state index < -0.39 is 6.10 Å². The molecule has 4 unspecified atom stereocenters. The summed E-state index contributed by atoms with van der Waals surface area (Å²) >= 11 is 0. The van der Waals surface area contributed by atoms with Crippen molar-refractivity contribution in [3.8, 4) is 0 Å². The lowest BCUT2D eigenvalue weighted by molar-refractivity contribution is -0.147. The molecule has 3 heteroatoms. The maximum absolute atomic E-state index is 10.9. The number of ether oxygens (including phenoxy) is 1. The van der Waals surface area contributed by atoms with Gasteiger partial charge < -0.3 is 9.84 Å². The quantitative estimate of drug-likeness (QED) is 0.544. The van der Waals surface area contributed by atoms with Crippen LogP contribution in [-0.4, -0.2) is 23.3 Å². The first-order valence-electron chi connectivity index (χ1n) is 4.54. The van der Waals surface area contributed by atoms with Crippen molar-refractivity contribution in [2.75, 3.05) is 0 Å². The molecule has 3 nitrogen and oxygen atoms in total. The molecule has 2 rings (SSSR count). The summed E-state index contributed by atoms with van der Waals surface area (Å²) in [4.78, 5) is 10.9. The lowest BCUT2D eigenvalue weighted by Crippen LogP contribution is -2.38. The van der Waals surface area contributed by atoms with E-state index in [9.17, 15) is 9.90 Å². The minimum Gasteiger partial charge on any atom is -0.459 e. The van der Waals surface area contributed by atoms with Crippen molar-refractivity contribution in [2.24, 2.45) is 11.8 Å². The topological polar surface area (TPSA) is 46.5 Å². The highest BCUT2D eigenvalue weighted by molar-refractivity contribution is 5.72. The van der Waals surface area contributed by atoms with Crippen LogP contribution >= 0.6 is 0 Å². The fourth-order valence-electron chi connectivity index (χ4n) is 2.40. The van der Waals surface area contributed by atoms with Crippen LogP contribution in [0.15, 0.2) is 0 Å². The van der Waals surface area contributed by atoms with Gasteiger partial charge in [-0.2, -0.15) is 0 Å². The van der Waals surface area contributed by atoms with Gasteiger partial charge in [0.15, 0.2) is 0 Å². The second kappa shape index (κ2) is 2.73. The molecular formula is C9H14O3. The number of fused-ring (bicyclic) bond motifs is 1. The van der Waals surface area contributed by atoms with Crippen LogP contribution in [0.5, 0.6) is 0 Å². The van der Waals surface area contributed by atoms with Gasteiger partial charge in [0, 0.05) is 5.92 Å². The van der Waals surface area contributed by atoms with Gasteiger partial charge in [-0.05, 0) is 18.8 Å². The molecule has 0 aromatic rings. The number of aliphatic hydroxyl groups is 1. The third kappa shape index (κ3) is 1.22. The summed E-state index contributed by atoms with van der Waals surface area (Å²) in [6, 6.07) is 0. The average molecular weight is 170 g/mol. The van der Waals surface area contributed by atoms with E-state index >= 15 is 0 Å². The summed E-state index contributed by atoms with van der Waals surface area (Å²) in [6.07, 6.45) is 1.67. The summed E-state index contributed by atoms with van der Waals surface area (Å²) in [5.74, 6) is 0.658. The normalized spacial score (nSPS) is 47.0. The Morgan fingerprint density at radius 2 is 2.25 bits per heavy atom. The molecule has 2 fully saturated rings. The highest BCUT2D eigenvalue weighted by atomic mass is 16.6. The van der Waals surface area contributed by atoms with Crippen molar-refractivity contribution in [3.05, 3.63) is 0 Å². The number of rotatable bonds is 0. The molecule has 1 saturated carbocycles. The largest absolute Gasteiger partial charge is 0.459 e. The predicted molar refractivity (Wildman–Crippen MR) is 42.4 cm³/mol. The number of hydrogen-bond donors (Lipinski definition) is 1. The lowest BCUT2D eigenvalue weighted by Gasteiger charge is -2.31. The van der Waals surface area contributed by atoms with E-state index in [0.717, 1.165) is 12.8 Å². The van der Waals surface area contributed by atoms with Gasteiger partial charge >= 0.3 is 5.97 Å². The van der Waals surface area contributed by atoms with E-state index in [1.165, 1.54) is 0 Å². The Morgan fingerprint density at radius 1 is 1.50 bits per heavy atom. The van der Waals surface area contributed by atoms with E-state index in [-0.39, 0.29) is 18.0 Å². The summed E-state index contributed by atoms with van der Waals surface area (Å²) < 4.78 is 5.04. The van der Waals surface area contributed by atoms with Crippen molar-refractivity contribution in [1.29, 1.82) is 0 Å². The van der Waals surface area contributed by atoms with Gasteiger partial charge in [0.1, 0.15) is 6.10 Å². The van der Waals surface area contributed by atoms with Crippen molar-refractivity contribution in [1.82, 2.24) is 0 Å². The lowest BCUT2D eigenvalue weighted by atomic mass is 9.78. The van der Waals surface area contributed by atoms with Gasteiger partial charge in [0.05, 0.1) is 12.5 Å². The first-order valence-corrected chi connectivity index (χ1v) is 4.54. The molecule has 0 bridgehead atoms. The molecule has 0 aromatic carbocycles. The first-order chi connectivity index (χ1) is 5.66. The Kier molecular flexibility index (Phi) is 1.83. The van der Waals surface area contributed by atoms with E-state index in [4.69, 9.17) is 4.74 Å². The molecule has 1 heterocycles. The third-order valence-corrected chi connectivity index (χ3v) is 2.89. The van der Waals surface area contributed by atoms with Crippen LogP contribution in [-0.2, 0) is 9.53 Å². The summed E-state index contributed by atoms with van der Waals surface area (Å²) in [6.45, 7) is 2.11. The fourth-order valence-corrected chi connectivity index (χ4v) is 2.40. The number of esters is 1. The second-order valence-corrected chi connectivity index (χ2v) is 4.06. The van der Waals surface area contributed by atoms with E-state index in [0.29, 0.717) is 12.3 Å². The van der Waals surface area contributed by atoms with Gasteiger partial charge in [-0.15, -0.1) is 0 Å². The molecular weight excluding hydrogens is 156 g/mol. The Hall–Kier alpha value is -0.570. The van der Waals surface area contributed by atoms with Gasteiger partial charge in [-0.1, -0.05) is 6.92 Å². The van der Waals surface area contributed by atoms with Crippen LogP contribution in [0, 0.1) is 11.8 Å². The van der Waals surface area contributed by atoms with Crippen LogP contribution in [0.25, 0.3) is 0 Å². The van der Waals surface area contributed by atoms with Crippen LogP contribution in [0.1, 0.15) is 26.2 Å². The molecule has 1 N–H and O–H groups in total. The van der Waals surface area contributed by atoms with Crippen molar-refractivity contribution >= 4 is 5.97 Å². The van der Waals surface area contributed by atoms with Gasteiger partial charge in [-0.25, -0.2) is 0 Å². The highest BCUT2D eigenvalue weighted by Crippen LogP contribution is 2.37. The first kappa shape index (κ1) is 8.05. The van der Waals surface area contributed by atoms with E-state index in [2.05, 4.69) is 6.92 Å². The van der Waals surface area contributed by atoms with Gasteiger partial charge in [-0.3, -0.25) is 4.79 Å². The third-order valence-electron chi connectivity index (χ3n) is 2.89. The standard InChI is InChI=1S/C9H14O3/c1-5-2-6-4-8(11)12-9(6)7(10)3-5/h5-7,9-10H,2-4H2,1H3. The molecule has 2 aliphatic rings. The Labute approximate surface area is 71.7 Å². The minimum absolute atomic E-state index is 0.141. The zero-order valence-corrected chi connectivity index (χ0v) is 7.19. The van der Waals surface area contributed by atoms with Crippen LogP contribution in [0.4, 0.5) is 0 Å². The molecule has 0 radical (unpaired) electrons. The smallest absolute Gasteiger partial charge is 0.306 e. The van der Waals surface area contributed by atoms with Gasteiger partial charge in [0.2, 0.25) is 0 Å². The number of aliphatic hydroxyl groups excluding tert-OH is 1. The van der Waals surface area contributed by atoms with Crippen LogP contribution < -0.4 is 0 Å². The van der Waals surface area contributed by atoms with E-state index in [1.54, 1.807) is 0 Å². The van der Waals surface area contributed by atoms with Gasteiger partial charge in [0.25, 0.3) is 0 Å². The minimum atomic E-state index is -0.426. The summed E-state index contributed by atoms with van der Waals surface area (Å²) in [5.41, 5.74) is 0. The Balaban J connectivity index is 2.10. The summed E-state index contributed by atoms with van der Waals surface area (Å²) in [5, 5.41) is 9.59. The highest BCUT2D eigenvalue weighted by Gasteiger charge is 2.43. The van der Waals surface area contributed by atoms with Crippen molar-refractivity contribution in [3.63, 3.8) is 0 Å². The molecule has 1 saturated heterocycles. The van der Waals surface area contributed by atoms with Crippen LogP contribution in [0.3, 0.4) is 0 Å². The Bertz CT molecular complexity index is 202. The monoisotopic (exact) mass is 170 g/mol. The van der Waals surface area contributed by atoms with Crippen molar-refractivity contribution in [2.45, 2.75) is 38.4 Å². The number of carbonyl (C=O) groups excluding carboxylic acids is 1. The van der Waals surface area contributed by atoms with Crippen molar-refractivity contribution < 1.29 is 14.6 Å². The fraction of sp³-hybridized carbons (Fsp3) is 0.889. The van der Waals surface area contributed by atoms with Crippen LogP contribution in [0.2, 0.25) is 0 Å². The predicted octanol–water partition coefficient (Wildman–Crippen LogP) is 0.709. The molecule has 0 spiro atoms. The molecule has 0 aromatic heterocycles. The Morgan fingerprint density at radius 3 is 3.00 bits per heavy atom. The zero-order valence-electron chi connectivity index (χ0n) is 7.19. The van der Waals surface area contributed by atoms with E-state index in [1.807, 2.05) is 0 Å². The maximum Gasteiger partial charge on any atom is 0.306 e. The second-order valence-electron chi connectivity index (χ2n) is 4.06. The molecule has 0 amide bonds. The zero-order chi connectivity index (χ0) is 8.72. The average Bonchev–Trinajstić information content (AvgIpc) is 2.29. The molecule has 68 valence electrons. The number of hydrogen-bond acceptors (Lipinski definition) is 3. The SMILES string of the molecule is CC1CC(O)C2OC(=O)CC2C1. The molecule has 4 atom stereocenters. The number of carbonyl (C=O) groups is 1. The maximum atomic E-state index is 10.9. The molecule has 1 aliphatic heterocycles. The molecule has 12 heavy (non-hydrogen) atoms. The molecule has 1 aliphatic carbocycles. The summed E-state index contributed by atoms with van der Waals surface area (Å²) in [7, 11) is 0.